The van der Waals surface area contributed by atoms with E-state index in [-0.39, 0.29) is 29.8 Å². The lowest BCUT2D eigenvalue weighted by molar-refractivity contribution is -0.123. The first-order chi connectivity index (χ1) is 16.5. The van der Waals surface area contributed by atoms with Crippen molar-refractivity contribution in [1.82, 2.24) is 19.7 Å². The molecule has 2 bridgehead atoms. The van der Waals surface area contributed by atoms with Gasteiger partial charge in [-0.05, 0) is 44.1 Å². The van der Waals surface area contributed by atoms with Crippen molar-refractivity contribution in [3.05, 3.63) is 30.1 Å². The Labute approximate surface area is 197 Å². The molecular weight excluding hydrogens is 434 g/mol. The van der Waals surface area contributed by atoms with Crippen molar-refractivity contribution in [2.75, 3.05) is 30.0 Å². The first-order valence-corrected chi connectivity index (χ1v) is 11.9. The van der Waals surface area contributed by atoms with E-state index < -0.39 is 5.41 Å². The van der Waals surface area contributed by atoms with E-state index in [0.717, 1.165) is 25.7 Å². The molecule has 0 aromatic carbocycles. The number of carbonyl (C=O) groups is 2. The summed E-state index contributed by atoms with van der Waals surface area (Å²) in [4.78, 5) is 34.4. The van der Waals surface area contributed by atoms with Crippen LogP contribution in [0.1, 0.15) is 42.6 Å². The molecule has 2 unspecified atom stereocenters. The van der Waals surface area contributed by atoms with E-state index in [1.807, 2.05) is 4.90 Å². The van der Waals surface area contributed by atoms with Crippen LogP contribution in [0.2, 0.25) is 0 Å². The van der Waals surface area contributed by atoms with Crippen LogP contribution in [-0.4, -0.2) is 63.3 Å². The molecule has 1 saturated carbocycles. The van der Waals surface area contributed by atoms with Gasteiger partial charge in [-0.25, -0.2) is 4.98 Å². The Balaban J connectivity index is 1.20. The SMILES string of the molecule is Cn1nc(Nc2cc(N3CC[C@@](C#N)(C4CC4)C3=O)ccn2)cc1C(=O)N1C2CCC1COC2. The number of hydrogen-bond acceptors (Lipinski definition) is 7. The molecule has 0 radical (unpaired) electrons. The van der Waals surface area contributed by atoms with Crippen molar-refractivity contribution in [3.8, 4) is 6.07 Å². The first-order valence-electron chi connectivity index (χ1n) is 11.9. The molecule has 4 fully saturated rings. The Bertz CT molecular complexity index is 1180. The van der Waals surface area contributed by atoms with Crippen LogP contribution in [-0.2, 0) is 16.6 Å². The molecular formula is C24H27N7O3. The highest BCUT2D eigenvalue weighted by molar-refractivity contribution is 6.02. The molecule has 1 N–H and O–H groups in total. The molecule has 6 rings (SSSR count). The number of hydrogen-bond donors (Lipinski definition) is 1. The maximum Gasteiger partial charge on any atom is 0.272 e. The number of rotatable bonds is 5. The fraction of sp³-hybridized carbons (Fsp3) is 0.542. The van der Waals surface area contributed by atoms with Gasteiger partial charge in [-0.1, -0.05) is 0 Å². The van der Waals surface area contributed by atoms with Crippen LogP contribution in [0, 0.1) is 22.7 Å². The van der Waals surface area contributed by atoms with Gasteiger partial charge >= 0.3 is 0 Å². The minimum absolute atomic E-state index is 0.0313. The smallest absolute Gasteiger partial charge is 0.272 e. The Kier molecular flexibility index (Phi) is 4.85. The normalized spacial score (nSPS) is 28.3. The summed E-state index contributed by atoms with van der Waals surface area (Å²) in [6.07, 6.45) is 6.03. The van der Waals surface area contributed by atoms with Crippen LogP contribution >= 0.6 is 0 Å². The number of ether oxygens (including phenoxy) is 1. The van der Waals surface area contributed by atoms with Crippen LogP contribution in [0.4, 0.5) is 17.3 Å². The van der Waals surface area contributed by atoms with Gasteiger partial charge in [0.1, 0.15) is 16.9 Å². The minimum Gasteiger partial charge on any atom is -0.377 e. The zero-order valence-electron chi connectivity index (χ0n) is 19.1. The number of aromatic nitrogens is 3. The molecule has 3 aliphatic heterocycles. The predicted molar refractivity (Wildman–Crippen MR) is 122 cm³/mol. The standard InChI is InChI=1S/C24H27N7O3/c1-29-19(22(32)31-17-4-5-18(31)13-34-12-17)11-21(28-29)27-20-10-16(6-8-26-20)30-9-7-24(14-25,23(30)33)15-2-3-15/h6,8,10-11,15,17-18H,2-5,7,9,12-13H2,1H3,(H,26,27,28)/t17?,18?,24-/m1/s1. The van der Waals surface area contributed by atoms with Gasteiger partial charge in [0.05, 0.1) is 31.4 Å². The van der Waals surface area contributed by atoms with E-state index >= 15 is 0 Å². The molecule has 176 valence electrons. The van der Waals surface area contributed by atoms with Crippen molar-refractivity contribution in [3.63, 3.8) is 0 Å². The van der Waals surface area contributed by atoms with E-state index in [0.29, 0.717) is 49.2 Å². The Morgan fingerprint density at radius 3 is 2.68 bits per heavy atom. The highest BCUT2D eigenvalue weighted by Gasteiger charge is 2.56. The number of pyridine rings is 1. The third-order valence-corrected chi connectivity index (χ3v) is 7.72. The summed E-state index contributed by atoms with van der Waals surface area (Å²) in [6.45, 7) is 1.70. The molecule has 10 heteroatoms. The number of nitriles is 1. The van der Waals surface area contributed by atoms with Crippen LogP contribution in [0.3, 0.4) is 0 Å². The number of morpholine rings is 1. The quantitative estimate of drug-likeness (QED) is 0.726. The molecule has 0 spiro atoms. The van der Waals surface area contributed by atoms with Crippen LogP contribution < -0.4 is 10.2 Å². The van der Waals surface area contributed by atoms with Gasteiger partial charge in [0.25, 0.3) is 5.91 Å². The highest BCUT2D eigenvalue weighted by Crippen LogP contribution is 2.52. The van der Waals surface area contributed by atoms with Gasteiger partial charge in [-0.3, -0.25) is 14.3 Å². The molecule has 2 aromatic rings. The summed E-state index contributed by atoms with van der Waals surface area (Å²) in [6, 6.07) is 7.89. The molecule has 4 aliphatic rings. The average molecular weight is 462 g/mol. The fourth-order valence-corrected chi connectivity index (χ4v) is 5.74. The summed E-state index contributed by atoms with van der Waals surface area (Å²) in [5.74, 6) is 1.07. The molecule has 34 heavy (non-hydrogen) atoms. The highest BCUT2D eigenvalue weighted by atomic mass is 16.5. The molecule has 3 saturated heterocycles. The van der Waals surface area contributed by atoms with Crippen molar-refractivity contribution in [1.29, 1.82) is 5.26 Å². The number of nitrogens with zero attached hydrogens (tertiary/aromatic N) is 6. The predicted octanol–water partition coefficient (Wildman–Crippen LogP) is 2.22. The van der Waals surface area contributed by atoms with Crippen LogP contribution in [0.15, 0.2) is 24.4 Å². The Morgan fingerprint density at radius 2 is 1.97 bits per heavy atom. The van der Waals surface area contributed by atoms with Crippen LogP contribution in [0.25, 0.3) is 0 Å². The van der Waals surface area contributed by atoms with E-state index in [1.54, 1.807) is 41.0 Å². The molecule has 3 atom stereocenters. The zero-order chi connectivity index (χ0) is 23.4. The molecule has 10 nitrogen and oxygen atoms in total. The largest absolute Gasteiger partial charge is 0.377 e. The van der Waals surface area contributed by atoms with Crippen molar-refractivity contribution < 1.29 is 14.3 Å². The summed E-state index contributed by atoms with van der Waals surface area (Å²) < 4.78 is 7.19. The monoisotopic (exact) mass is 461 g/mol. The average Bonchev–Trinajstić information content (AvgIpc) is 3.49. The molecule has 2 aromatic heterocycles. The van der Waals surface area contributed by atoms with E-state index in [2.05, 4.69) is 21.5 Å². The van der Waals surface area contributed by atoms with Crippen molar-refractivity contribution in [2.45, 2.75) is 44.2 Å². The number of aryl methyl sites for hydroxylation is 1. The van der Waals surface area contributed by atoms with Crippen molar-refractivity contribution in [2.24, 2.45) is 18.4 Å². The lowest BCUT2D eigenvalue weighted by Gasteiger charge is -2.34. The molecule has 1 aliphatic carbocycles. The Hall–Kier alpha value is -3.45. The minimum atomic E-state index is -0.883. The third-order valence-electron chi connectivity index (χ3n) is 7.72. The second-order valence-electron chi connectivity index (χ2n) is 9.76. The van der Waals surface area contributed by atoms with Gasteiger partial charge in [-0.15, -0.1) is 0 Å². The Morgan fingerprint density at radius 1 is 1.21 bits per heavy atom. The van der Waals surface area contributed by atoms with E-state index in [9.17, 15) is 14.9 Å². The second kappa shape index (κ2) is 7.81. The van der Waals surface area contributed by atoms with Crippen molar-refractivity contribution >= 4 is 29.1 Å². The summed E-state index contributed by atoms with van der Waals surface area (Å²) in [7, 11) is 1.76. The number of nitrogens with one attached hydrogen (secondary N) is 1. The molecule has 2 amide bonds. The zero-order valence-corrected chi connectivity index (χ0v) is 19.1. The summed E-state index contributed by atoms with van der Waals surface area (Å²) in [5.41, 5.74) is 0.333. The summed E-state index contributed by atoms with van der Waals surface area (Å²) in [5, 5.41) is 17.4. The maximum atomic E-state index is 13.3. The van der Waals surface area contributed by atoms with E-state index in [1.165, 1.54) is 0 Å². The third kappa shape index (κ3) is 3.26. The van der Waals surface area contributed by atoms with Gasteiger partial charge in [-0.2, -0.15) is 10.4 Å². The topological polar surface area (TPSA) is 116 Å². The molecule has 5 heterocycles. The second-order valence-corrected chi connectivity index (χ2v) is 9.76. The number of fused-ring (bicyclic) bond motifs is 2. The number of carbonyl (C=O) groups excluding carboxylic acids is 2. The first kappa shape index (κ1) is 21.1. The van der Waals surface area contributed by atoms with Gasteiger partial charge in [0.15, 0.2) is 5.82 Å². The fourth-order valence-electron chi connectivity index (χ4n) is 5.74. The van der Waals surface area contributed by atoms with Gasteiger partial charge in [0.2, 0.25) is 5.91 Å². The van der Waals surface area contributed by atoms with Gasteiger partial charge < -0.3 is 19.9 Å². The lowest BCUT2D eigenvalue weighted by Crippen LogP contribution is -2.49. The summed E-state index contributed by atoms with van der Waals surface area (Å²) >= 11 is 0. The van der Waals surface area contributed by atoms with E-state index in [4.69, 9.17) is 4.74 Å². The number of anilines is 3. The number of amides is 2. The van der Waals surface area contributed by atoms with Gasteiger partial charge in [0, 0.05) is 37.6 Å². The van der Waals surface area contributed by atoms with Crippen LogP contribution in [0.5, 0.6) is 0 Å². The lowest BCUT2D eigenvalue weighted by atomic mass is 9.83. The maximum absolute atomic E-state index is 13.3.